The lowest BCUT2D eigenvalue weighted by molar-refractivity contribution is -0.159. The summed E-state index contributed by atoms with van der Waals surface area (Å²) in [4.78, 5) is 36.0. The highest BCUT2D eigenvalue weighted by Crippen LogP contribution is 2.67. The van der Waals surface area contributed by atoms with Crippen LogP contribution in [0.1, 0.15) is 65.2 Å². The molecule has 0 unspecified atom stereocenters. The van der Waals surface area contributed by atoms with E-state index in [9.17, 15) is 19.5 Å². The first kappa shape index (κ1) is 24.4. The summed E-state index contributed by atoms with van der Waals surface area (Å²) in [6, 6.07) is 0. The number of thioether (sulfide) groups is 2. The average Bonchev–Trinajstić information content (AvgIpc) is 3.03. The minimum Gasteiger partial charge on any atom is -0.481 e. The molecule has 176 valence electrons. The van der Waals surface area contributed by atoms with Crippen molar-refractivity contribution in [2.24, 2.45) is 28.6 Å². The number of carboxylic acid groups (broad SMARTS) is 1. The van der Waals surface area contributed by atoms with Gasteiger partial charge in [0.1, 0.15) is 9.13 Å². The van der Waals surface area contributed by atoms with Crippen molar-refractivity contribution in [3.63, 3.8) is 0 Å². The Morgan fingerprint density at radius 1 is 1.06 bits per heavy atom. The Morgan fingerprint density at radius 3 is 2.47 bits per heavy atom. The Balaban J connectivity index is 1.48. The molecule has 0 aliphatic heterocycles. The second-order valence-corrected chi connectivity index (χ2v) is 13.6. The van der Waals surface area contributed by atoms with Gasteiger partial charge < -0.3 is 10.2 Å². The second kappa shape index (κ2) is 8.82. The fourth-order valence-corrected chi connectivity index (χ4v) is 9.21. The number of aliphatic carboxylic acids is 1. The van der Waals surface area contributed by atoms with Gasteiger partial charge in [-0.15, -0.1) is 0 Å². The Bertz CT molecular complexity index is 885. The maximum Gasteiger partial charge on any atom is 0.313 e. The van der Waals surface area contributed by atoms with Gasteiger partial charge in [-0.3, -0.25) is 14.4 Å². The SMILES string of the molecule is C[C@]12CCC(=O)C=C1CC[C@@H]1[C@H]3CC[C@](O)(C(=O)CSC(=S)SCC(=O)O)[C@@]3(C)CC[C@@H]12. The average molecular weight is 497 g/mol. The van der Waals surface area contributed by atoms with E-state index in [0.717, 1.165) is 50.3 Å². The summed E-state index contributed by atoms with van der Waals surface area (Å²) < 4.78 is 0.430. The molecule has 3 fully saturated rings. The molecule has 0 radical (unpaired) electrons. The van der Waals surface area contributed by atoms with Crippen LogP contribution in [0.25, 0.3) is 0 Å². The molecule has 32 heavy (non-hydrogen) atoms. The number of Topliss-reactive ketones (excluding diaryl/α,β-unsaturated/α-hetero) is 1. The predicted molar refractivity (Wildman–Crippen MR) is 132 cm³/mol. The number of aliphatic hydroxyl groups is 1. The van der Waals surface area contributed by atoms with Crippen LogP contribution in [0.2, 0.25) is 0 Å². The lowest BCUT2D eigenvalue weighted by Gasteiger charge is -2.58. The molecule has 2 N–H and O–H groups in total. The molecule has 8 heteroatoms. The summed E-state index contributed by atoms with van der Waals surface area (Å²) in [7, 11) is 0. The van der Waals surface area contributed by atoms with Crippen LogP contribution in [0.3, 0.4) is 0 Å². The van der Waals surface area contributed by atoms with Crippen molar-refractivity contribution in [1.29, 1.82) is 0 Å². The van der Waals surface area contributed by atoms with E-state index in [-0.39, 0.29) is 28.5 Å². The fraction of sp³-hybridized carbons (Fsp3) is 0.750. The maximum atomic E-state index is 13.3. The summed E-state index contributed by atoms with van der Waals surface area (Å²) in [6.07, 6.45) is 8.60. The zero-order chi connectivity index (χ0) is 23.3. The van der Waals surface area contributed by atoms with Crippen molar-refractivity contribution in [2.45, 2.75) is 70.8 Å². The number of ketones is 2. The highest BCUT2D eigenvalue weighted by Gasteiger charge is 2.66. The molecule has 4 aliphatic rings. The lowest BCUT2D eigenvalue weighted by Crippen LogP contribution is -2.58. The first-order chi connectivity index (χ1) is 15.0. The van der Waals surface area contributed by atoms with Crippen molar-refractivity contribution in [3.8, 4) is 0 Å². The molecule has 0 spiro atoms. The summed E-state index contributed by atoms with van der Waals surface area (Å²) >= 11 is 7.41. The topological polar surface area (TPSA) is 91.7 Å². The molecule has 4 aliphatic carbocycles. The van der Waals surface area contributed by atoms with Gasteiger partial charge in [0.05, 0.1) is 11.5 Å². The third-order valence-electron chi connectivity index (χ3n) is 9.21. The van der Waals surface area contributed by atoms with Crippen LogP contribution in [0.15, 0.2) is 11.6 Å². The minimum absolute atomic E-state index is 0.0757. The van der Waals surface area contributed by atoms with E-state index < -0.39 is 17.0 Å². The molecule has 5 nitrogen and oxygen atoms in total. The minimum atomic E-state index is -1.34. The molecule has 4 rings (SSSR count). The normalized spacial score (nSPS) is 40.7. The van der Waals surface area contributed by atoms with Gasteiger partial charge >= 0.3 is 5.97 Å². The zero-order valence-corrected chi connectivity index (χ0v) is 21.2. The first-order valence-electron chi connectivity index (χ1n) is 11.5. The van der Waals surface area contributed by atoms with E-state index >= 15 is 0 Å². The lowest BCUT2D eigenvalue weighted by atomic mass is 9.46. The van der Waals surface area contributed by atoms with Gasteiger partial charge in [-0.2, -0.15) is 0 Å². The smallest absolute Gasteiger partial charge is 0.313 e. The fourth-order valence-electron chi connectivity index (χ4n) is 7.44. The van der Waals surface area contributed by atoms with Crippen molar-refractivity contribution in [2.75, 3.05) is 11.5 Å². The van der Waals surface area contributed by atoms with Gasteiger partial charge in [0.2, 0.25) is 0 Å². The van der Waals surface area contributed by atoms with Crippen molar-refractivity contribution >= 4 is 56.8 Å². The molecule has 6 atom stereocenters. The first-order valence-corrected chi connectivity index (χ1v) is 13.9. The zero-order valence-electron chi connectivity index (χ0n) is 18.7. The summed E-state index contributed by atoms with van der Waals surface area (Å²) in [5.74, 6) is 0.423. The number of hydrogen-bond acceptors (Lipinski definition) is 7. The van der Waals surface area contributed by atoms with Gasteiger partial charge in [0.15, 0.2) is 11.6 Å². The molecule has 0 bridgehead atoms. The van der Waals surface area contributed by atoms with Crippen molar-refractivity contribution in [3.05, 3.63) is 11.6 Å². The van der Waals surface area contributed by atoms with Crippen molar-refractivity contribution < 1.29 is 24.6 Å². The molecule has 0 amide bonds. The molecule has 0 aromatic heterocycles. The monoisotopic (exact) mass is 496 g/mol. The maximum absolute atomic E-state index is 13.3. The Hall–Kier alpha value is -0.700. The number of rotatable bonds is 5. The van der Waals surface area contributed by atoms with E-state index in [1.54, 1.807) is 0 Å². The number of allylic oxidation sites excluding steroid dienone is 1. The third kappa shape index (κ3) is 3.93. The Kier molecular flexibility index (Phi) is 6.73. The number of carbonyl (C=O) groups excluding carboxylic acids is 2. The molecule has 0 aromatic rings. The van der Waals surface area contributed by atoms with E-state index in [2.05, 4.69) is 13.8 Å². The van der Waals surface area contributed by atoms with Crippen LogP contribution in [0, 0.1) is 28.6 Å². The highest BCUT2D eigenvalue weighted by molar-refractivity contribution is 8.47. The van der Waals surface area contributed by atoms with Gasteiger partial charge in [0, 0.05) is 11.8 Å². The van der Waals surface area contributed by atoms with Crippen LogP contribution in [0.4, 0.5) is 0 Å². The van der Waals surface area contributed by atoms with Gasteiger partial charge in [-0.25, -0.2) is 0 Å². The Labute approximate surface area is 203 Å². The largest absolute Gasteiger partial charge is 0.481 e. The number of carbonyl (C=O) groups is 3. The highest BCUT2D eigenvalue weighted by atomic mass is 32.2. The standard InChI is InChI=1S/C24H32O5S3/c1-22-8-5-15(25)11-14(22)3-4-16-17(22)6-9-23(2)18(16)7-10-24(23,29)19(26)12-31-21(30)32-13-20(27)28/h11,16-18,29H,3-10,12-13H2,1-2H3,(H,27,28)/t16-,17-,18+,22-,23-,24-/m0/s1. The predicted octanol–water partition coefficient (Wildman–Crippen LogP) is 4.65. The van der Waals surface area contributed by atoms with Gasteiger partial charge in [-0.05, 0) is 74.2 Å². The third-order valence-corrected chi connectivity index (χ3v) is 11.9. The number of carboxylic acids is 1. The van der Waals surface area contributed by atoms with Crippen LogP contribution < -0.4 is 0 Å². The van der Waals surface area contributed by atoms with Crippen LogP contribution in [-0.2, 0) is 14.4 Å². The molecule has 0 heterocycles. The molecule has 0 saturated heterocycles. The van der Waals surface area contributed by atoms with Gasteiger partial charge in [-0.1, -0.05) is 55.2 Å². The van der Waals surface area contributed by atoms with E-state index in [1.807, 2.05) is 6.08 Å². The molecular formula is C24H32O5S3. The molecule has 3 saturated carbocycles. The quantitative estimate of drug-likeness (QED) is 0.531. The number of hydrogen-bond donors (Lipinski definition) is 2. The van der Waals surface area contributed by atoms with E-state index in [4.69, 9.17) is 17.3 Å². The van der Waals surface area contributed by atoms with Crippen LogP contribution >= 0.6 is 35.7 Å². The summed E-state index contributed by atoms with van der Waals surface area (Å²) in [5, 5.41) is 20.5. The molecule has 0 aromatic carbocycles. The van der Waals surface area contributed by atoms with Crippen LogP contribution in [-0.4, -0.2) is 48.4 Å². The number of thiocarbonyl (C=S) groups is 1. The van der Waals surface area contributed by atoms with E-state index in [0.29, 0.717) is 34.1 Å². The summed E-state index contributed by atoms with van der Waals surface area (Å²) in [5.41, 5.74) is -0.384. The molecular weight excluding hydrogens is 464 g/mol. The van der Waals surface area contributed by atoms with Crippen molar-refractivity contribution in [1.82, 2.24) is 0 Å². The van der Waals surface area contributed by atoms with Gasteiger partial charge in [0.25, 0.3) is 0 Å². The van der Waals surface area contributed by atoms with E-state index in [1.165, 1.54) is 17.3 Å². The van der Waals surface area contributed by atoms with Crippen LogP contribution in [0.5, 0.6) is 0 Å². The number of fused-ring (bicyclic) bond motifs is 5. The summed E-state index contributed by atoms with van der Waals surface area (Å²) in [6.45, 7) is 4.45. The Morgan fingerprint density at radius 2 is 1.75 bits per heavy atom. The second-order valence-electron chi connectivity index (χ2n) is 10.5.